The molecular formula is C18H26Cl3N3O2. The lowest BCUT2D eigenvalue weighted by Gasteiger charge is -2.29. The van der Waals surface area contributed by atoms with E-state index in [4.69, 9.17) is 23.2 Å². The number of piperidine rings is 1. The third-order valence-corrected chi connectivity index (χ3v) is 5.39. The first-order chi connectivity index (χ1) is 11.9. The van der Waals surface area contributed by atoms with Crippen LogP contribution >= 0.6 is 35.6 Å². The van der Waals surface area contributed by atoms with Gasteiger partial charge in [-0.05, 0) is 56.0 Å². The van der Waals surface area contributed by atoms with Crippen molar-refractivity contribution in [2.75, 3.05) is 32.0 Å². The molecule has 0 bridgehead atoms. The molecule has 1 fully saturated rings. The first-order valence-corrected chi connectivity index (χ1v) is 9.32. The Morgan fingerprint density at radius 2 is 2.08 bits per heavy atom. The summed E-state index contributed by atoms with van der Waals surface area (Å²) in [7, 11) is 1.66. The maximum absolute atomic E-state index is 12.4. The zero-order valence-corrected chi connectivity index (χ0v) is 17.4. The molecule has 0 saturated carbocycles. The van der Waals surface area contributed by atoms with Crippen LogP contribution in [0.15, 0.2) is 18.2 Å². The van der Waals surface area contributed by atoms with E-state index in [0.29, 0.717) is 34.0 Å². The Balaban J connectivity index is 0.00000338. The average molecular weight is 423 g/mol. The van der Waals surface area contributed by atoms with E-state index in [-0.39, 0.29) is 30.8 Å². The second kappa shape index (κ2) is 11.0. The molecule has 1 aromatic carbocycles. The fourth-order valence-electron chi connectivity index (χ4n) is 3.04. The fraction of sp³-hybridized carbons (Fsp3) is 0.556. The summed E-state index contributed by atoms with van der Waals surface area (Å²) in [4.78, 5) is 26.0. The molecule has 0 aliphatic carbocycles. The molecule has 1 aliphatic heterocycles. The van der Waals surface area contributed by atoms with Crippen LogP contribution in [0.1, 0.15) is 26.2 Å². The number of amides is 2. The van der Waals surface area contributed by atoms with Gasteiger partial charge in [-0.25, -0.2) is 0 Å². The summed E-state index contributed by atoms with van der Waals surface area (Å²) >= 11 is 11.8. The van der Waals surface area contributed by atoms with Crippen molar-refractivity contribution in [2.45, 2.75) is 26.2 Å². The van der Waals surface area contributed by atoms with Gasteiger partial charge in [-0.2, -0.15) is 0 Å². The highest BCUT2D eigenvalue weighted by atomic mass is 35.5. The number of halogens is 3. The Bertz CT molecular complexity index is 622. The molecule has 0 spiro atoms. The average Bonchev–Trinajstić information content (AvgIpc) is 2.58. The standard InChI is InChI=1S/C18H25Cl2N3O2.ClH/c1-12(13-4-3-7-21-10-13)8-18(25)23(2)11-17(24)22-14-5-6-15(19)16(20)9-14;/h5-6,9,12-13,21H,3-4,7-8,10-11H2,1-2H3,(H,22,24);1H. The van der Waals surface area contributed by atoms with Crippen molar-refractivity contribution < 1.29 is 9.59 Å². The van der Waals surface area contributed by atoms with E-state index in [0.717, 1.165) is 25.9 Å². The van der Waals surface area contributed by atoms with E-state index in [9.17, 15) is 9.59 Å². The van der Waals surface area contributed by atoms with E-state index < -0.39 is 0 Å². The number of nitrogens with zero attached hydrogens (tertiary/aromatic N) is 1. The molecule has 0 aromatic heterocycles. The monoisotopic (exact) mass is 421 g/mol. The molecule has 26 heavy (non-hydrogen) atoms. The lowest BCUT2D eigenvalue weighted by molar-refractivity contribution is -0.134. The predicted octanol–water partition coefficient (Wildman–Crippen LogP) is 3.84. The molecule has 2 atom stereocenters. The summed E-state index contributed by atoms with van der Waals surface area (Å²) in [6.45, 7) is 4.15. The fourth-order valence-corrected chi connectivity index (χ4v) is 3.34. The van der Waals surface area contributed by atoms with Crippen LogP contribution in [-0.4, -0.2) is 43.4 Å². The second-order valence-electron chi connectivity index (χ2n) is 6.71. The van der Waals surface area contributed by atoms with E-state index in [1.165, 1.54) is 4.90 Å². The van der Waals surface area contributed by atoms with Crippen molar-refractivity contribution in [2.24, 2.45) is 11.8 Å². The van der Waals surface area contributed by atoms with Crippen LogP contribution in [0.2, 0.25) is 10.0 Å². The van der Waals surface area contributed by atoms with Crippen LogP contribution in [0.5, 0.6) is 0 Å². The maximum Gasteiger partial charge on any atom is 0.243 e. The molecule has 2 N–H and O–H groups in total. The highest BCUT2D eigenvalue weighted by Gasteiger charge is 2.24. The minimum absolute atomic E-state index is 0. The predicted molar refractivity (Wildman–Crippen MR) is 109 cm³/mol. The van der Waals surface area contributed by atoms with Gasteiger partial charge < -0.3 is 15.5 Å². The number of likely N-dealkylation sites (N-methyl/N-ethyl adjacent to an activating group) is 1. The number of benzene rings is 1. The van der Waals surface area contributed by atoms with Crippen LogP contribution in [0.3, 0.4) is 0 Å². The normalized spacial score (nSPS) is 17.8. The van der Waals surface area contributed by atoms with Crippen molar-refractivity contribution in [3.63, 3.8) is 0 Å². The Morgan fingerprint density at radius 1 is 1.35 bits per heavy atom. The molecule has 8 heteroatoms. The topological polar surface area (TPSA) is 61.4 Å². The lowest BCUT2D eigenvalue weighted by atomic mass is 9.85. The first kappa shape index (κ1) is 23.0. The van der Waals surface area contributed by atoms with Crippen LogP contribution in [0, 0.1) is 11.8 Å². The maximum atomic E-state index is 12.4. The van der Waals surface area contributed by atoms with Crippen molar-refractivity contribution in [3.05, 3.63) is 28.2 Å². The van der Waals surface area contributed by atoms with Gasteiger partial charge in [-0.1, -0.05) is 30.1 Å². The summed E-state index contributed by atoms with van der Waals surface area (Å²) in [5.41, 5.74) is 0.557. The molecule has 146 valence electrons. The van der Waals surface area contributed by atoms with Gasteiger partial charge in [0.1, 0.15) is 0 Å². The molecule has 1 saturated heterocycles. The number of rotatable bonds is 6. The number of carbonyl (C=O) groups excluding carboxylic acids is 2. The summed E-state index contributed by atoms with van der Waals surface area (Å²) in [5.74, 6) is 0.556. The summed E-state index contributed by atoms with van der Waals surface area (Å²) < 4.78 is 0. The SMILES string of the molecule is CC(CC(=O)N(C)CC(=O)Nc1ccc(Cl)c(Cl)c1)C1CCCNC1.Cl. The van der Waals surface area contributed by atoms with Gasteiger partial charge in [0.25, 0.3) is 0 Å². The highest BCUT2D eigenvalue weighted by molar-refractivity contribution is 6.42. The van der Waals surface area contributed by atoms with E-state index in [1.807, 2.05) is 0 Å². The van der Waals surface area contributed by atoms with Crippen LogP contribution < -0.4 is 10.6 Å². The smallest absolute Gasteiger partial charge is 0.243 e. The first-order valence-electron chi connectivity index (χ1n) is 8.56. The number of hydrogen-bond acceptors (Lipinski definition) is 3. The minimum Gasteiger partial charge on any atom is -0.336 e. The van der Waals surface area contributed by atoms with Crippen LogP contribution in [0.4, 0.5) is 5.69 Å². The van der Waals surface area contributed by atoms with Gasteiger partial charge in [-0.15, -0.1) is 12.4 Å². The third-order valence-electron chi connectivity index (χ3n) is 4.65. The summed E-state index contributed by atoms with van der Waals surface area (Å²) in [6.07, 6.45) is 2.77. The molecule has 2 amide bonds. The quantitative estimate of drug-likeness (QED) is 0.732. The zero-order chi connectivity index (χ0) is 18.4. The third kappa shape index (κ3) is 6.95. The van der Waals surface area contributed by atoms with Crippen molar-refractivity contribution >= 4 is 53.1 Å². The Hall–Kier alpha value is -1.01. The molecule has 1 heterocycles. The van der Waals surface area contributed by atoms with Gasteiger partial charge in [0.2, 0.25) is 11.8 Å². The van der Waals surface area contributed by atoms with E-state index in [2.05, 4.69) is 17.6 Å². The number of hydrogen-bond donors (Lipinski definition) is 2. The van der Waals surface area contributed by atoms with E-state index >= 15 is 0 Å². The van der Waals surface area contributed by atoms with Crippen molar-refractivity contribution in [1.82, 2.24) is 10.2 Å². The van der Waals surface area contributed by atoms with E-state index in [1.54, 1.807) is 25.2 Å². The molecule has 0 radical (unpaired) electrons. The molecule has 1 aromatic rings. The Kier molecular flexibility index (Phi) is 9.72. The van der Waals surface area contributed by atoms with Gasteiger partial charge in [0.15, 0.2) is 0 Å². The van der Waals surface area contributed by atoms with Crippen molar-refractivity contribution in [1.29, 1.82) is 0 Å². The number of anilines is 1. The second-order valence-corrected chi connectivity index (χ2v) is 7.53. The largest absolute Gasteiger partial charge is 0.336 e. The molecular weight excluding hydrogens is 397 g/mol. The summed E-state index contributed by atoms with van der Waals surface area (Å²) in [6, 6.07) is 4.88. The Morgan fingerprint density at radius 3 is 2.69 bits per heavy atom. The molecule has 5 nitrogen and oxygen atoms in total. The lowest BCUT2D eigenvalue weighted by Crippen LogP contribution is -2.38. The minimum atomic E-state index is -0.263. The number of nitrogens with one attached hydrogen (secondary N) is 2. The zero-order valence-electron chi connectivity index (χ0n) is 15.1. The van der Waals surface area contributed by atoms with Gasteiger partial charge >= 0.3 is 0 Å². The highest BCUT2D eigenvalue weighted by Crippen LogP contribution is 2.25. The number of carbonyl (C=O) groups is 2. The van der Waals surface area contributed by atoms with Crippen LogP contribution in [-0.2, 0) is 9.59 Å². The molecule has 2 rings (SSSR count). The summed E-state index contributed by atoms with van der Waals surface area (Å²) in [5, 5.41) is 6.91. The van der Waals surface area contributed by atoms with Crippen LogP contribution in [0.25, 0.3) is 0 Å². The Labute approximate surface area is 171 Å². The molecule has 2 unspecified atom stereocenters. The molecule has 1 aliphatic rings. The van der Waals surface area contributed by atoms with Crippen molar-refractivity contribution in [3.8, 4) is 0 Å². The van der Waals surface area contributed by atoms with Gasteiger partial charge in [0.05, 0.1) is 16.6 Å². The van der Waals surface area contributed by atoms with Gasteiger partial charge in [0, 0.05) is 19.2 Å². The van der Waals surface area contributed by atoms with Gasteiger partial charge in [-0.3, -0.25) is 9.59 Å².